The third kappa shape index (κ3) is 2.10. The highest BCUT2D eigenvalue weighted by Crippen LogP contribution is 2.01. The summed E-state index contributed by atoms with van der Waals surface area (Å²) in [5.41, 5.74) is 6.10. The monoisotopic (exact) mass is 205 g/mol. The first-order valence-corrected chi connectivity index (χ1v) is 4.57. The summed E-state index contributed by atoms with van der Waals surface area (Å²) >= 11 is 0. The van der Waals surface area contributed by atoms with Crippen molar-refractivity contribution in [2.75, 3.05) is 6.54 Å². The minimum atomic E-state index is -0.111. The Kier molecular flexibility index (Phi) is 2.59. The van der Waals surface area contributed by atoms with Gasteiger partial charge in [-0.3, -0.25) is 9.48 Å². The molecule has 0 amide bonds. The van der Waals surface area contributed by atoms with E-state index in [1.54, 1.807) is 21.8 Å². The second-order valence-electron chi connectivity index (χ2n) is 3.06. The fourth-order valence-electron chi connectivity index (χ4n) is 1.22. The van der Waals surface area contributed by atoms with Gasteiger partial charge in [0.2, 0.25) is 0 Å². The van der Waals surface area contributed by atoms with E-state index < -0.39 is 0 Å². The molecule has 0 atom stereocenters. The highest BCUT2D eigenvalue weighted by molar-refractivity contribution is 5.23. The molecule has 2 heterocycles. The first-order chi connectivity index (χ1) is 7.29. The molecular formula is C9H11N5O. The SMILES string of the molecule is NCCn1cc(-n2ccc(=O)cn2)cn1. The average Bonchev–Trinajstić information content (AvgIpc) is 2.68. The van der Waals surface area contributed by atoms with Crippen molar-refractivity contribution in [2.24, 2.45) is 5.73 Å². The number of hydrogen-bond donors (Lipinski definition) is 1. The van der Waals surface area contributed by atoms with Crippen LogP contribution in [0.15, 0.2) is 35.6 Å². The molecule has 0 unspecified atom stereocenters. The molecule has 78 valence electrons. The lowest BCUT2D eigenvalue weighted by Crippen LogP contribution is -2.10. The molecule has 2 rings (SSSR count). The van der Waals surface area contributed by atoms with E-state index in [-0.39, 0.29) is 5.43 Å². The van der Waals surface area contributed by atoms with Crippen molar-refractivity contribution < 1.29 is 0 Å². The van der Waals surface area contributed by atoms with Gasteiger partial charge < -0.3 is 5.73 Å². The molecule has 0 spiro atoms. The Hall–Kier alpha value is -1.95. The smallest absolute Gasteiger partial charge is 0.200 e. The zero-order chi connectivity index (χ0) is 10.7. The maximum absolute atomic E-state index is 10.8. The van der Waals surface area contributed by atoms with Crippen LogP contribution >= 0.6 is 0 Å². The van der Waals surface area contributed by atoms with Crippen LogP contribution in [0.5, 0.6) is 0 Å². The summed E-state index contributed by atoms with van der Waals surface area (Å²) < 4.78 is 3.32. The maximum atomic E-state index is 10.8. The van der Waals surface area contributed by atoms with E-state index in [0.29, 0.717) is 13.1 Å². The van der Waals surface area contributed by atoms with Gasteiger partial charge in [-0.15, -0.1) is 0 Å². The Bertz CT molecular complexity index is 481. The van der Waals surface area contributed by atoms with Crippen molar-refractivity contribution in [2.45, 2.75) is 6.54 Å². The van der Waals surface area contributed by atoms with Crippen LogP contribution in [0.1, 0.15) is 0 Å². The average molecular weight is 205 g/mol. The van der Waals surface area contributed by atoms with Gasteiger partial charge in [0.1, 0.15) is 5.69 Å². The quantitative estimate of drug-likeness (QED) is 0.724. The van der Waals surface area contributed by atoms with Crippen molar-refractivity contribution in [1.82, 2.24) is 19.6 Å². The van der Waals surface area contributed by atoms with Crippen molar-refractivity contribution in [1.29, 1.82) is 0 Å². The van der Waals surface area contributed by atoms with E-state index in [1.165, 1.54) is 12.3 Å². The molecule has 0 bridgehead atoms. The van der Waals surface area contributed by atoms with Crippen molar-refractivity contribution in [3.05, 3.63) is 41.1 Å². The van der Waals surface area contributed by atoms with Crippen LogP contribution in [-0.4, -0.2) is 26.1 Å². The molecule has 6 nitrogen and oxygen atoms in total. The molecule has 2 aromatic rings. The lowest BCUT2D eigenvalue weighted by Gasteiger charge is -1.98. The molecule has 6 heteroatoms. The normalized spacial score (nSPS) is 10.5. The summed E-state index contributed by atoms with van der Waals surface area (Å²) in [7, 11) is 0. The van der Waals surface area contributed by atoms with Gasteiger partial charge in [0.25, 0.3) is 0 Å². The van der Waals surface area contributed by atoms with Crippen LogP contribution in [0, 0.1) is 0 Å². The maximum Gasteiger partial charge on any atom is 0.200 e. The largest absolute Gasteiger partial charge is 0.329 e. The number of aromatic nitrogens is 4. The molecule has 0 radical (unpaired) electrons. The molecule has 15 heavy (non-hydrogen) atoms. The minimum absolute atomic E-state index is 0.111. The molecule has 0 aromatic carbocycles. The van der Waals surface area contributed by atoms with Crippen molar-refractivity contribution in [3.63, 3.8) is 0 Å². The van der Waals surface area contributed by atoms with Crippen LogP contribution in [0.4, 0.5) is 0 Å². The van der Waals surface area contributed by atoms with Gasteiger partial charge in [-0.1, -0.05) is 0 Å². The Labute approximate surface area is 85.9 Å². The molecule has 0 aliphatic rings. The van der Waals surface area contributed by atoms with E-state index in [1.807, 2.05) is 6.20 Å². The van der Waals surface area contributed by atoms with Gasteiger partial charge in [0.05, 0.1) is 25.1 Å². The Balaban J connectivity index is 2.29. The van der Waals surface area contributed by atoms with Crippen LogP contribution < -0.4 is 11.2 Å². The third-order valence-electron chi connectivity index (χ3n) is 1.93. The number of hydrogen-bond acceptors (Lipinski definition) is 4. The van der Waals surface area contributed by atoms with E-state index in [9.17, 15) is 4.79 Å². The second-order valence-corrected chi connectivity index (χ2v) is 3.06. The lowest BCUT2D eigenvalue weighted by molar-refractivity contribution is 0.624. The molecule has 2 aromatic heterocycles. The van der Waals surface area contributed by atoms with Gasteiger partial charge in [0, 0.05) is 18.8 Å². The summed E-state index contributed by atoms with van der Waals surface area (Å²) in [6, 6.07) is 1.45. The van der Waals surface area contributed by atoms with Crippen LogP contribution in [0.25, 0.3) is 5.69 Å². The molecule has 0 saturated carbocycles. The molecular weight excluding hydrogens is 194 g/mol. The Morgan fingerprint density at radius 2 is 2.20 bits per heavy atom. The minimum Gasteiger partial charge on any atom is -0.329 e. The lowest BCUT2D eigenvalue weighted by atomic mass is 10.5. The molecule has 0 aliphatic heterocycles. The van der Waals surface area contributed by atoms with Gasteiger partial charge in [-0.05, 0) is 0 Å². The zero-order valence-corrected chi connectivity index (χ0v) is 8.08. The molecule has 0 aliphatic carbocycles. The van der Waals surface area contributed by atoms with E-state index >= 15 is 0 Å². The molecule has 2 N–H and O–H groups in total. The summed E-state index contributed by atoms with van der Waals surface area (Å²) in [6.07, 6.45) is 6.36. The summed E-state index contributed by atoms with van der Waals surface area (Å²) in [5, 5.41) is 8.04. The third-order valence-corrected chi connectivity index (χ3v) is 1.93. The van der Waals surface area contributed by atoms with Crippen LogP contribution in [0.3, 0.4) is 0 Å². The Morgan fingerprint density at radius 1 is 1.33 bits per heavy atom. The highest BCUT2D eigenvalue weighted by Gasteiger charge is 1.99. The number of nitrogens with two attached hydrogens (primary N) is 1. The summed E-state index contributed by atoms with van der Waals surface area (Å²) in [5.74, 6) is 0. The molecule has 0 fully saturated rings. The van der Waals surface area contributed by atoms with Crippen molar-refractivity contribution >= 4 is 0 Å². The fourth-order valence-corrected chi connectivity index (χ4v) is 1.22. The van der Waals surface area contributed by atoms with Crippen molar-refractivity contribution in [3.8, 4) is 5.69 Å². The molecule has 0 saturated heterocycles. The van der Waals surface area contributed by atoms with Crippen LogP contribution in [-0.2, 0) is 6.54 Å². The van der Waals surface area contributed by atoms with Gasteiger partial charge in [0.15, 0.2) is 5.43 Å². The predicted octanol–water partition coefficient (Wildman–Crippen LogP) is -0.612. The van der Waals surface area contributed by atoms with E-state index in [0.717, 1.165) is 5.69 Å². The number of rotatable bonds is 3. The first kappa shape index (κ1) is 9.60. The van der Waals surface area contributed by atoms with Gasteiger partial charge in [-0.2, -0.15) is 10.2 Å². The highest BCUT2D eigenvalue weighted by atomic mass is 16.1. The van der Waals surface area contributed by atoms with E-state index in [2.05, 4.69) is 10.2 Å². The zero-order valence-electron chi connectivity index (χ0n) is 8.08. The Morgan fingerprint density at radius 3 is 2.87 bits per heavy atom. The van der Waals surface area contributed by atoms with E-state index in [4.69, 9.17) is 5.73 Å². The van der Waals surface area contributed by atoms with Crippen LogP contribution in [0.2, 0.25) is 0 Å². The van der Waals surface area contributed by atoms with Gasteiger partial charge >= 0.3 is 0 Å². The second kappa shape index (κ2) is 4.05. The first-order valence-electron chi connectivity index (χ1n) is 4.57. The van der Waals surface area contributed by atoms with Gasteiger partial charge in [-0.25, -0.2) is 4.68 Å². The summed E-state index contributed by atoms with van der Waals surface area (Å²) in [4.78, 5) is 10.8. The summed E-state index contributed by atoms with van der Waals surface area (Å²) in [6.45, 7) is 1.21. The number of nitrogens with zero attached hydrogens (tertiary/aromatic N) is 4. The standard InChI is InChI=1S/C9H11N5O/c10-2-4-13-7-8(5-11-13)14-3-1-9(15)6-12-14/h1,3,5-7H,2,4,10H2. The topological polar surface area (TPSA) is 78.7 Å². The predicted molar refractivity (Wildman–Crippen MR) is 54.7 cm³/mol. The fraction of sp³-hybridized carbons (Fsp3) is 0.222.